The van der Waals surface area contributed by atoms with E-state index in [1.165, 1.54) is 24.0 Å². The molecule has 1 saturated heterocycles. The molecule has 8 heteroatoms. The fraction of sp³-hybridized carbons (Fsp3) is 0.429. The SMILES string of the molecule is CCS(=O)(=O)c1ccccc1C(=O)N1CCC(C(=O)O)C1.Cl. The molecule has 1 atom stereocenters. The summed E-state index contributed by atoms with van der Waals surface area (Å²) in [4.78, 5) is 24.8. The second-order valence-corrected chi connectivity index (χ2v) is 7.22. The molecule has 1 aromatic carbocycles. The van der Waals surface area contributed by atoms with Gasteiger partial charge in [0.15, 0.2) is 9.84 Å². The lowest BCUT2D eigenvalue weighted by Crippen LogP contribution is -2.31. The maximum absolute atomic E-state index is 12.5. The van der Waals surface area contributed by atoms with E-state index in [4.69, 9.17) is 5.11 Å². The van der Waals surface area contributed by atoms with E-state index in [9.17, 15) is 18.0 Å². The fourth-order valence-electron chi connectivity index (χ4n) is 2.39. The van der Waals surface area contributed by atoms with E-state index in [-0.39, 0.29) is 35.2 Å². The van der Waals surface area contributed by atoms with Crippen LogP contribution in [-0.4, -0.2) is 49.1 Å². The zero-order valence-corrected chi connectivity index (χ0v) is 13.7. The number of carboxylic acid groups (broad SMARTS) is 1. The van der Waals surface area contributed by atoms with Gasteiger partial charge < -0.3 is 10.0 Å². The number of benzene rings is 1. The first-order valence-electron chi connectivity index (χ1n) is 6.70. The number of carboxylic acids is 1. The minimum Gasteiger partial charge on any atom is -0.481 e. The average Bonchev–Trinajstić information content (AvgIpc) is 2.96. The summed E-state index contributed by atoms with van der Waals surface area (Å²) in [7, 11) is -3.50. The third-order valence-electron chi connectivity index (χ3n) is 3.66. The lowest BCUT2D eigenvalue weighted by Gasteiger charge is -2.17. The van der Waals surface area contributed by atoms with E-state index >= 15 is 0 Å². The van der Waals surface area contributed by atoms with Gasteiger partial charge in [0.05, 0.1) is 22.1 Å². The highest BCUT2D eigenvalue weighted by Gasteiger charge is 2.33. The first-order valence-corrected chi connectivity index (χ1v) is 8.36. The normalized spacial score (nSPS) is 17.9. The van der Waals surface area contributed by atoms with E-state index in [0.29, 0.717) is 13.0 Å². The highest BCUT2D eigenvalue weighted by Crippen LogP contribution is 2.23. The highest BCUT2D eigenvalue weighted by molar-refractivity contribution is 7.91. The Morgan fingerprint density at radius 3 is 2.50 bits per heavy atom. The van der Waals surface area contributed by atoms with Gasteiger partial charge >= 0.3 is 5.97 Å². The van der Waals surface area contributed by atoms with Crippen LogP contribution in [0.4, 0.5) is 0 Å². The molecule has 22 heavy (non-hydrogen) atoms. The second-order valence-electron chi connectivity index (χ2n) is 4.97. The summed E-state index contributed by atoms with van der Waals surface area (Å²) < 4.78 is 24.1. The van der Waals surface area contributed by atoms with E-state index in [2.05, 4.69) is 0 Å². The number of carbonyl (C=O) groups excluding carboxylic acids is 1. The highest BCUT2D eigenvalue weighted by atomic mass is 35.5. The standard InChI is InChI=1S/C14H17NO5S.ClH/c1-2-21(19,20)12-6-4-3-5-11(12)13(16)15-8-7-10(9-15)14(17)18;/h3-6,10H,2,7-9H2,1H3,(H,17,18);1H. The van der Waals surface area contributed by atoms with Crippen LogP contribution in [0.3, 0.4) is 0 Å². The van der Waals surface area contributed by atoms with Gasteiger partial charge in [-0.25, -0.2) is 8.42 Å². The van der Waals surface area contributed by atoms with Crippen molar-refractivity contribution in [2.75, 3.05) is 18.8 Å². The van der Waals surface area contributed by atoms with Gasteiger partial charge in [-0.3, -0.25) is 9.59 Å². The van der Waals surface area contributed by atoms with Crippen LogP contribution in [0.15, 0.2) is 29.2 Å². The quantitative estimate of drug-likeness (QED) is 0.890. The number of likely N-dealkylation sites (tertiary alicyclic amines) is 1. The largest absolute Gasteiger partial charge is 0.481 e. The number of aliphatic carboxylic acids is 1. The number of hydrogen-bond acceptors (Lipinski definition) is 4. The van der Waals surface area contributed by atoms with Crippen molar-refractivity contribution in [2.45, 2.75) is 18.2 Å². The molecule has 0 bridgehead atoms. The van der Waals surface area contributed by atoms with Crippen molar-refractivity contribution in [3.8, 4) is 0 Å². The van der Waals surface area contributed by atoms with E-state index < -0.39 is 27.6 Å². The Bertz CT molecular complexity index is 674. The van der Waals surface area contributed by atoms with E-state index in [1.54, 1.807) is 12.1 Å². The number of nitrogens with zero attached hydrogens (tertiary/aromatic N) is 1. The van der Waals surface area contributed by atoms with Crippen LogP contribution < -0.4 is 0 Å². The van der Waals surface area contributed by atoms with Crippen LogP contribution in [0.25, 0.3) is 0 Å². The predicted molar refractivity (Wildman–Crippen MR) is 83.1 cm³/mol. The Labute approximate surface area is 135 Å². The molecule has 0 aromatic heterocycles. The summed E-state index contributed by atoms with van der Waals surface area (Å²) in [6, 6.07) is 6.06. The van der Waals surface area contributed by atoms with Crippen molar-refractivity contribution in [1.29, 1.82) is 0 Å². The predicted octanol–water partition coefficient (Wildman–Crippen LogP) is 1.45. The van der Waals surface area contributed by atoms with Crippen LogP contribution in [0.1, 0.15) is 23.7 Å². The molecule has 2 rings (SSSR count). The third kappa shape index (κ3) is 3.59. The van der Waals surface area contributed by atoms with Gasteiger partial charge in [0, 0.05) is 13.1 Å². The molecule has 0 saturated carbocycles. The van der Waals surface area contributed by atoms with Crippen LogP contribution in [0, 0.1) is 5.92 Å². The summed E-state index contributed by atoms with van der Waals surface area (Å²) in [5, 5.41) is 8.97. The molecular formula is C14H18ClNO5S. The van der Waals surface area contributed by atoms with Gasteiger partial charge in [0.2, 0.25) is 0 Å². The first kappa shape index (κ1) is 18.4. The monoisotopic (exact) mass is 347 g/mol. The van der Waals surface area contributed by atoms with Crippen molar-refractivity contribution >= 4 is 34.1 Å². The molecule has 1 N–H and O–H groups in total. The number of sulfone groups is 1. The number of carbonyl (C=O) groups is 2. The molecule has 0 spiro atoms. The van der Waals surface area contributed by atoms with E-state index in [0.717, 1.165) is 0 Å². The average molecular weight is 348 g/mol. The van der Waals surface area contributed by atoms with Gasteiger partial charge in [-0.2, -0.15) is 0 Å². The van der Waals surface area contributed by atoms with Gasteiger partial charge in [-0.05, 0) is 18.6 Å². The van der Waals surface area contributed by atoms with Crippen LogP contribution in [0.2, 0.25) is 0 Å². The first-order chi connectivity index (χ1) is 9.86. The Morgan fingerprint density at radius 1 is 1.32 bits per heavy atom. The van der Waals surface area contributed by atoms with Crippen molar-refractivity contribution in [3.05, 3.63) is 29.8 Å². The molecule has 1 fully saturated rings. The molecule has 1 unspecified atom stereocenters. The Balaban J connectivity index is 0.00000242. The molecule has 0 aliphatic carbocycles. The molecule has 6 nitrogen and oxygen atoms in total. The van der Waals surface area contributed by atoms with E-state index in [1.807, 2.05) is 0 Å². The fourth-order valence-corrected chi connectivity index (χ4v) is 3.47. The lowest BCUT2D eigenvalue weighted by molar-refractivity contribution is -0.141. The van der Waals surface area contributed by atoms with Crippen molar-refractivity contribution < 1.29 is 23.1 Å². The molecule has 0 radical (unpaired) electrons. The minimum atomic E-state index is -3.50. The van der Waals surface area contributed by atoms with Gasteiger partial charge in [0.25, 0.3) is 5.91 Å². The summed E-state index contributed by atoms with van der Waals surface area (Å²) >= 11 is 0. The van der Waals surface area contributed by atoms with Crippen LogP contribution in [0.5, 0.6) is 0 Å². The van der Waals surface area contributed by atoms with Crippen LogP contribution in [-0.2, 0) is 14.6 Å². The molecule has 1 heterocycles. The molecule has 1 aliphatic rings. The topological polar surface area (TPSA) is 91.8 Å². The minimum absolute atomic E-state index is 0. The van der Waals surface area contributed by atoms with Gasteiger partial charge in [-0.1, -0.05) is 19.1 Å². The van der Waals surface area contributed by atoms with Gasteiger partial charge in [0.1, 0.15) is 0 Å². The molecule has 1 aliphatic heterocycles. The Morgan fingerprint density at radius 2 is 1.95 bits per heavy atom. The number of amides is 1. The van der Waals surface area contributed by atoms with Crippen LogP contribution >= 0.6 is 12.4 Å². The van der Waals surface area contributed by atoms with Crippen molar-refractivity contribution in [3.63, 3.8) is 0 Å². The molecule has 122 valence electrons. The molecule has 1 amide bonds. The van der Waals surface area contributed by atoms with Crippen molar-refractivity contribution in [2.24, 2.45) is 5.92 Å². The lowest BCUT2D eigenvalue weighted by atomic mass is 10.1. The van der Waals surface area contributed by atoms with Gasteiger partial charge in [-0.15, -0.1) is 12.4 Å². The molecule has 1 aromatic rings. The second kappa shape index (κ2) is 7.11. The smallest absolute Gasteiger partial charge is 0.308 e. The van der Waals surface area contributed by atoms with Crippen molar-refractivity contribution in [1.82, 2.24) is 4.90 Å². The maximum atomic E-state index is 12.5. The zero-order valence-electron chi connectivity index (χ0n) is 12.1. The molecular weight excluding hydrogens is 330 g/mol. The maximum Gasteiger partial charge on any atom is 0.308 e. The number of rotatable bonds is 4. The summed E-state index contributed by atoms with van der Waals surface area (Å²) in [5.74, 6) is -2.02. The Hall–Kier alpha value is -1.60. The summed E-state index contributed by atoms with van der Waals surface area (Å²) in [6.45, 7) is 1.97. The third-order valence-corrected chi connectivity index (χ3v) is 5.44. The summed E-state index contributed by atoms with van der Waals surface area (Å²) in [5.41, 5.74) is 0.116. The summed E-state index contributed by atoms with van der Waals surface area (Å²) in [6.07, 6.45) is 0.393. The zero-order chi connectivity index (χ0) is 15.6. The number of hydrogen-bond donors (Lipinski definition) is 1. The number of halogens is 1. The Kier molecular flexibility index (Phi) is 5.96.